The van der Waals surface area contributed by atoms with E-state index in [4.69, 9.17) is 5.11 Å². The average Bonchev–Trinajstić information content (AvgIpc) is 2.86. The Hall–Kier alpha value is -2.96. The first kappa shape index (κ1) is 17.4. The summed E-state index contributed by atoms with van der Waals surface area (Å²) in [5.41, 5.74) is 0.556. The number of nitrogens with one attached hydrogen (secondary N) is 1. The number of aromatic carboxylic acids is 1. The monoisotopic (exact) mass is 330 g/mol. The molecule has 3 amide bonds. The molecule has 1 aromatic carbocycles. The molecule has 0 saturated heterocycles. The number of carbonyl (C=O) groups is 4. The van der Waals surface area contributed by atoms with E-state index in [1.165, 1.54) is 29.2 Å². The van der Waals surface area contributed by atoms with Crippen LogP contribution in [0.4, 0.5) is 5.69 Å². The van der Waals surface area contributed by atoms with Gasteiger partial charge >= 0.3 is 5.97 Å². The number of amides is 3. The maximum Gasteiger partial charge on any atom is 0.335 e. The Morgan fingerprint density at radius 3 is 2.42 bits per heavy atom. The van der Waals surface area contributed by atoms with Gasteiger partial charge in [-0.1, -0.05) is 12.5 Å². The first-order valence-corrected chi connectivity index (χ1v) is 7.64. The molecule has 2 rings (SSSR count). The highest BCUT2D eigenvalue weighted by atomic mass is 16.4. The molecule has 7 nitrogen and oxygen atoms in total. The molecule has 126 valence electrons. The zero-order chi connectivity index (χ0) is 17.5. The van der Waals surface area contributed by atoms with E-state index in [-0.39, 0.29) is 29.7 Å². The molecule has 2 N–H and O–H groups in total. The average molecular weight is 330 g/mol. The summed E-state index contributed by atoms with van der Waals surface area (Å²) in [6, 6.07) is 6.05. The van der Waals surface area contributed by atoms with E-state index in [9.17, 15) is 19.2 Å². The first-order valence-electron chi connectivity index (χ1n) is 7.64. The van der Waals surface area contributed by atoms with Crippen LogP contribution in [0.3, 0.4) is 0 Å². The lowest BCUT2D eigenvalue weighted by atomic mass is 10.1. The fourth-order valence-corrected chi connectivity index (χ4v) is 2.34. The maximum atomic E-state index is 11.8. The summed E-state index contributed by atoms with van der Waals surface area (Å²) in [6.45, 7) is 0.354. The van der Waals surface area contributed by atoms with Crippen LogP contribution < -0.4 is 5.32 Å². The minimum Gasteiger partial charge on any atom is -0.478 e. The summed E-state index contributed by atoms with van der Waals surface area (Å²) in [5.74, 6) is -1.84. The van der Waals surface area contributed by atoms with Crippen LogP contribution in [0.15, 0.2) is 36.4 Å². The Morgan fingerprint density at radius 2 is 1.75 bits per heavy atom. The van der Waals surface area contributed by atoms with Gasteiger partial charge in [0.2, 0.25) is 5.91 Å². The van der Waals surface area contributed by atoms with Crippen LogP contribution in [-0.2, 0) is 14.4 Å². The van der Waals surface area contributed by atoms with Crippen molar-refractivity contribution in [2.24, 2.45) is 0 Å². The van der Waals surface area contributed by atoms with Gasteiger partial charge in [0.1, 0.15) is 0 Å². The number of carboxylic acids is 1. The van der Waals surface area contributed by atoms with Gasteiger partial charge < -0.3 is 10.4 Å². The van der Waals surface area contributed by atoms with E-state index in [0.717, 1.165) is 0 Å². The lowest BCUT2D eigenvalue weighted by Gasteiger charge is -2.13. The second-order valence-electron chi connectivity index (χ2n) is 5.41. The summed E-state index contributed by atoms with van der Waals surface area (Å²) < 4.78 is 0. The van der Waals surface area contributed by atoms with Crippen molar-refractivity contribution in [2.75, 3.05) is 11.9 Å². The molecule has 0 spiro atoms. The predicted octanol–water partition coefficient (Wildman–Crippen LogP) is 1.81. The Balaban J connectivity index is 1.67. The topological polar surface area (TPSA) is 104 Å². The SMILES string of the molecule is O=C(CCCCCN1C(=O)C=CC1=O)Nc1cccc(C(=O)O)c1. The summed E-state index contributed by atoms with van der Waals surface area (Å²) in [4.78, 5) is 46.6. The van der Waals surface area contributed by atoms with E-state index in [1.54, 1.807) is 12.1 Å². The van der Waals surface area contributed by atoms with Gasteiger partial charge in [0.05, 0.1) is 5.56 Å². The fraction of sp³-hybridized carbons (Fsp3) is 0.294. The van der Waals surface area contributed by atoms with E-state index in [2.05, 4.69) is 5.32 Å². The highest BCUT2D eigenvalue weighted by Crippen LogP contribution is 2.12. The van der Waals surface area contributed by atoms with Gasteiger partial charge in [-0.05, 0) is 31.0 Å². The van der Waals surface area contributed by atoms with Crippen LogP contribution in [-0.4, -0.2) is 40.2 Å². The third-order valence-corrected chi connectivity index (χ3v) is 3.58. The zero-order valence-corrected chi connectivity index (χ0v) is 13.0. The molecule has 7 heteroatoms. The Labute approximate surface area is 139 Å². The molecule has 1 aliphatic heterocycles. The van der Waals surface area contributed by atoms with Gasteiger partial charge in [0.15, 0.2) is 0 Å². The number of imide groups is 1. The standard InChI is InChI=1S/C17H18N2O5/c20-14(18-13-6-4-5-12(11-13)17(23)24)7-2-1-3-10-19-15(21)8-9-16(19)22/h4-6,8-9,11H,1-3,7,10H2,(H,18,20)(H,23,24). The third kappa shape index (κ3) is 4.77. The molecule has 0 fully saturated rings. The van der Waals surface area contributed by atoms with Crippen LogP contribution in [0.1, 0.15) is 36.0 Å². The first-order chi connectivity index (χ1) is 11.5. The van der Waals surface area contributed by atoms with Crippen LogP contribution in [0, 0.1) is 0 Å². The van der Waals surface area contributed by atoms with Crippen LogP contribution in [0.25, 0.3) is 0 Å². The number of benzene rings is 1. The number of rotatable bonds is 8. The molecule has 0 unspecified atom stereocenters. The van der Waals surface area contributed by atoms with Gasteiger partial charge in [0.25, 0.3) is 11.8 Å². The van der Waals surface area contributed by atoms with Crippen LogP contribution in [0.5, 0.6) is 0 Å². The minimum atomic E-state index is -1.05. The Bertz CT molecular complexity index is 678. The van der Waals surface area contributed by atoms with Gasteiger partial charge in [-0.3, -0.25) is 19.3 Å². The second kappa shape index (κ2) is 8.05. The molecule has 0 radical (unpaired) electrons. The fourth-order valence-electron chi connectivity index (χ4n) is 2.34. The summed E-state index contributed by atoms with van der Waals surface area (Å²) in [7, 11) is 0. The summed E-state index contributed by atoms with van der Waals surface area (Å²) >= 11 is 0. The van der Waals surface area contributed by atoms with Crippen LogP contribution in [0.2, 0.25) is 0 Å². The minimum absolute atomic E-state index is 0.112. The normalized spacial score (nSPS) is 13.4. The number of anilines is 1. The lowest BCUT2D eigenvalue weighted by molar-refractivity contribution is -0.136. The van der Waals surface area contributed by atoms with Crippen molar-refractivity contribution < 1.29 is 24.3 Å². The van der Waals surface area contributed by atoms with Gasteiger partial charge in [0, 0.05) is 30.8 Å². The predicted molar refractivity (Wildman–Crippen MR) is 86.4 cm³/mol. The number of nitrogens with zero attached hydrogens (tertiary/aromatic N) is 1. The molecule has 0 aliphatic carbocycles. The van der Waals surface area contributed by atoms with E-state index in [0.29, 0.717) is 31.5 Å². The lowest BCUT2D eigenvalue weighted by Crippen LogP contribution is -2.30. The van der Waals surface area contributed by atoms with Crippen molar-refractivity contribution in [1.29, 1.82) is 0 Å². The van der Waals surface area contributed by atoms with Crippen LogP contribution >= 0.6 is 0 Å². The number of hydrogen-bond donors (Lipinski definition) is 2. The second-order valence-corrected chi connectivity index (χ2v) is 5.41. The van der Waals surface area contributed by atoms with Crippen molar-refractivity contribution in [3.05, 3.63) is 42.0 Å². The van der Waals surface area contributed by atoms with E-state index >= 15 is 0 Å². The van der Waals surface area contributed by atoms with Crippen molar-refractivity contribution in [2.45, 2.75) is 25.7 Å². The quantitative estimate of drug-likeness (QED) is 0.559. The molecule has 24 heavy (non-hydrogen) atoms. The number of hydrogen-bond acceptors (Lipinski definition) is 4. The molecule has 1 aliphatic rings. The van der Waals surface area contributed by atoms with Gasteiger partial charge in [-0.2, -0.15) is 0 Å². The largest absolute Gasteiger partial charge is 0.478 e. The highest BCUT2D eigenvalue weighted by molar-refractivity contribution is 6.12. The highest BCUT2D eigenvalue weighted by Gasteiger charge is 2.22. The molecular weight excluding hydrogens is 312 g/mol. The zero-order valence-electron chi connectivity index (χ0n) is 13.0. The van der Waals surface area contributed by atoms with Crippen molar-refractivity contribution in [3.8, 4) is 0 Å². The van der Waals surface area contributed by atoms with Crippen molar-refractivity contribution >= 4 is 29.4 Å². The number of carboxylic acid groups (broad SMARTS) is 1. The van der Waals surface area contributed by atoms with E-state index < -0.39 is 5.97 Å². The van der Waals surface area contributed by atoms with E-state index in [1.807, 2.05) is 0 Å². The van der Waals surface area contributed by atoms with Crippen molar-refractivity contribution in [3.63, 3.8) is 0 Å². The summed E-state index contributed by atoms with van der Waals surface area (Å²) in [5, 5.41) is 11.6. The molecule has 0 bridgehead atoms. The Kier molecular flexibility index (Phi) is 5.83. The third-order valence-electron chi connectivity index (χ3n) is 3.58. The Morgan fingerprint density at radius 1 is 1.04 bits per heavy atom. The molecule has 1 aromatic rings. The molecule has 0 atom stereocenters. The molecule has 0 aromatic heterocycles. The smallest absolute Gasteiger partial charge is 0.335 e. The molecule has 0 saturated carbocycles. The van der Waals surface area contributed by atoms with Gasteiger partial charge in [-0.25, -0.2) is 4.79 Å². The molecular formula is C17H18N2O5. The van der Waals surface area contributed by atoms with Crippen molar-refractivity contribution in [1.82, 2.24) is 4.90 Å². The molecule has 1 heterocycles. The number of carbonyl (C=O) groups excluding carboxylic acids is 3. The maximum absolute atomic E-state index is 11.8. The summed E-state index contributed by atoms with van der Waals surface area (Å²) in [6.07, 6.45) is 4.76. The number of unbranched alkanes of at least 4 members (excludes halogenated alkanes) is 2. The van der Waals surface area contributed by atoms with Gasteiger partial charge in [-0.15, -0.1) is 0 Å².